The van der Waals surface area contributed by atoms with Gasteiger partial charge in [-0.15, -0.1) is 0 Å². The molecule has 0 fully saturated rings. The average molecular weight is 476 g/mol. The van der Waals surface area contributed by atoms with E-state index in [1.54, 1.807) is 0 Å². The maximum absolute atomic E-state index is 13.1. The Morgan fingerprint density at radius 1 is 0.714 bits per heavy atom. The van der Waals surface area contributed by atoms with E-state index in [4.69, 9.17) is 9.47 Å². The van der Waals surface area contributed by atoms with Crippen LogP contribution in [0.1, 0.15) is 6.42 Å². The molecule has 3 nitrogen and oxygen atoms in total. The van der Waals surface area contributed by atoms with Gasteiger partial charge in [-0.25, -0.2) is 0 Å². The summed E-state index contributed by atoms with van der Waals surface area (Å²) in [7, 11) is -1.24. The van der Waals surface area contributed by atoms with Crippen LogP contribution in [0, 0.1) is 0 Å². The molecular weight excluding hydrogens is 451 g/mol. The first kappa shape index (κ1) is 21.6. The van der Waals surface area contributed by atoms with E-state index in [0.717, 1.165) is 16.3 Å². The van der Waals surface area contributed by atoms with Crippen LogP contribution < -0.4 is 20.1 Å². The Bertz CT molecular complexity index is 1460. The highest BCUT2D eigenvalue weighted by molar-refractivity contribution is 7.77. The number of rotatable bonds is 3. The number of carbonyl (C=O) groups excluding carboxylic acids is 1. The van der Waals surface area contributed by atoms with E-state index in [1.165, 1.54) is 15.9 Å². The number of ether oxygens (including phenoxy) is 2. The Kier molecular flexibility index (Phi) is 5.78. The summed E-state index contributed by atoms with van der Waals surface area (Å²) < 4.78 is 12.2. The van der Waals surface area contributed by atoms with Crippen LogP contribution in [0.15, 0.2) is 132 Å². The van der Waals surface area contributed by atoms with Gasteiger partial charge in [-0.2, -0.15) is 0 Å². The SMILES string of the molecule is O=C1COc2cc3ccccc3cc2OC1=C1C=C([PH+](c2ccccc2)c2ccccc2)C=CC1. The molecule has 0 unspecified atom stereocenters. The van der Waals surface area contributed by atoms with Gasteiger partial charge in [0.15, 0.2) is 23.9 Å². The summed E-state index contributed by atoms with van der Waals surface area (Å²) in [5, 5.41) is 5.94. The number of allylic oxidation sites excluding steroid dienone is 5. The van der Waals surface area contributed by atoms with Crippen molar-refractivity contribution in [1.82, 2.24) is 0 Å². The monoisotopic (exact) mass is 475 g/mol. The van der Waals surface area contributed by atoms with E-state index in [9.17, 15) is 4.79 Å². The third-order valence-corrected chi connectivity index (χ3v) is 9.02. The van der Waals surface area contributed by atoms with E-state index in [1.807, 2.05) is 48.5 Å². The van der Waals surface area contributed by atoms with Gasteiger partial charge >= 0.3 is 0 Å². The fraction of sp³-hybridized carbons (Fsp3) is 0.0645. The minimum absolute atomic E-state index is 0.0355. The van der Waals surface area contributed by atoms with Gasteiger partial charge in [0, 0.05) is 5.57 Å². The lowest BCUT2D eigenvalue weighted by Gasteiger charge is -2.17. The molecule has 2 aliphatic rings. The summed E-state index contributed by atoms with van der Waals surface area (Å²) in [5.41, 5.74) is 0.895. The lowest BCUT2D eigenvalue weighted by atomic mass is 10.0. The number of hydrogen-bond acceptors (Lipinski definition) is 3. The lowest BCUT2D eigenvalue weighted by Crippen LogP contribution is -2.17. The Morgan fingerprint density at radius 3 is 1.97 bits per heavy atom. The number of benzene rings is 4. The third-order valence-electron chi connectivity index (χ3n) is 6.31. The molecule has 0 radical (unpaired) electrons. The van der Waals surface area contributed by atoms with Gasteiger partial charge in [0.2, 0.25) is 5.78 Å². The Hall–Kier alpha value is -3.94. The minimum atomic E-state index is -1.24. The van der Waals surface area contributed by atoms with Gasteiger partial charge in [0.05, 0.1) is 7.92 Å². The molecular formula is C31H24O3P+. The van der Waals surface area contributed by atoms with E-state index < -0.39 is 7.92 Å². The highest BCUT2D eigenvalue weighted by atomic mass is 31.1. The predicted octanol–water partition coefficient (Wildman–Crippen LogP) is 6.14. The molecule has 0 bridgehead atoms. The van der Waals surface area contributed by atoms with Gasteiger partial charge < -0.3 is 9.47 Å². The highest BCUT2D eigenvalue weighted by Gasteiger charge is 2.30. The third kappa shape index (κ3) is 4.32. The van der Waals surface area contributed by atoms with E-state index in [0.29, 0.717) is 23.7 Å². The molecule has 1 aliphatic heterocycles. The van der Waals surface area contributed by atoms with Crippen LogP contribution >= 0.6 is 7.92 Å². The van der Waals surface area contributed by atoms with Crippen LogP contribution in [0.25, 0.3) is 10.8 Å². The standard InChI is InChI=1S/C31H23O3P/c32-28-21-33-29-19-22-10-7-8-11-23(22)20-30(29)34-31(28)24-12-9-17-27(18-24)35(25-13-3-1-4-14-25)26-15-5-2-6-16-26/h1-11,13-20H,12,21H2/p+1. The Labute approximate surface area is 205 Å². The zero-order valence-electron chi connectivity index (χ0n) is 19.1. The number of hydrogen-bond donors (Lipinski definition) is 0. The zero-order valence-corrected chi connectivity index (χ0v) is 20.1. The normalized spacial score (nSPS) is 17.4. The second kappa shape index (κ2) is 9.37. The van der Waals surface area contributed by atoms with Crippen LogP contribution in [0.5, 0.6) is 11.5 Å². The lowest BCUT2D eigenvalue weighted by molar-refractivity contribution is -0.118. The van der Waals surface area contributed by atoms with Crippen molar-refractivity contribution in [3.63, 3.8) is 0 Å². The van der Waals surface area contributed by atoms with Crippen LogP contribution in [-0.2, 0) is 4.79 Å². The summed E-state index contributed by atoms with van der Waals surface area (Å²) in [4.78, 5) is 13.1. The number of Topliss-reactive ketones (excluding diaryl/α,β-unsaturated/α-hetero) is 1. The van der Waals surface area contributed by atoms with Crippen molar-refractivity contribution in [2.24, 2.45) is 0 Å². The smallest absolute Gasteiger partial charge is 0.235 e. The van der Waals surface area contributed by atoms with Crippen LogP contribution in [0.4, 0.5) is 0 Å². The predicted molar refractivity (Wildman–Crippen MR) is 144 cm³/mol. The van der Waals surface area contributed by atoms with Gasteiger partial charge in [0.25, 0.3) is 0 Å². The molecule has 0 aromatic heterocycles. The molecule has 1 heterocycles. The number of ketones is 1. The van der Waals surface area contributed by atoms with E-state index in [2.05, 4.69) is 66.8 Å². The van der Waals surface area contributed by atoms with Crippen molar-refractivity contribution in [3.05, 3.63) is 132 Å². The van der Waals surface area contributed by atoms with Gasteiger partial charge in [-0.1, -0.05) is 66.7 Å². The van der Waals surface area contributed by atoms with Gasteiger partial charge in [-0.05, 0) is 65.7 Å². The Balaban J connectivity index is 1.45. The van der Waals surface area contributed by atoms with Crippen LogP contribution in [-0.4, -0.2) is 12.4 Å². The fourth-order valence-corrected chi connectivity index (χ4v) is 7.30. The molecule has 0 spiro atoms. The first-order valence-corrected chi connectivity index (χ1v) is 13.2. The fourth-order valence-electron chi connectivity index (χ4n) is 4.64. The molecule has 0 saturated carbocycles. The van der Waals surface area contributed by atoms with Crippen molar-refractivity contribution in [2.45, 2.75) is 6.42 Å². The Morgan fingerprint density at radius 2 is 1.31 bits per heavy atom. The molecule has 1 aliphatic carbocycles. The zero-order chi connectivity index (χ0) is 23.6. The summed E-state index contributed by atoms with van der Waals surface area (Å²) in [6, 6.07) is 33.2. The summed E-state index contributed by atoms with van der Waals surface area (Å²) in [5.74, 6) is 1.42. The topological polar surface area (TPSA) is 35.5 Å². The number of fused-ring (bicyclic) bond motifs is 2. The summed E-state index contributed by atoms with van der Waals surface area (Å²) in [6.07, 6.45) is 7.15. The van der Waals surface area contributed by atoms with Gasteiger partial charge in [0.1, 0.15) is 15.9 Å². The molecule has 4 aromatic carbocycles. The van der Waals surface area contributed by atoms with Crippen molar-refractivity contribution < 1.29 is 14.3 Å². The van der Waals surface area contributed by atoms with Crippen molar-refractivity contribution in [2.75, 3.05) is 6.61 Å². The first-order chi connectivity index (χ1) is 17.3. The molecule has 0 amide bonds. The molecule has 170 valence electrons. The molecule has 35 heavy (non-hydrogen) atoms. The molecule has 4 heteroatoms. The molecule has 0 N–H and O–H groups in total. The minimum Gasteiger partial charge on any atom is -0.481 e. The van der Waals surface area contributed by atoms with Crippen molar-refractivity contribution in [3.8, 4) is 11.5 Å². The van der Waals surface area contributed by atoms with Crippen molar-refractivity contribution in [1.29, 1.82) is 0 Å². The highest BCUT2D eigenvalue weighted by Crippen LogP contribution is 2.46. The number of carbonyl (C=O) groups is 1. The summed E-state index contributed by atoms with van der Waals surface area (Å²) >= 11 is 0. The van der Waals surface area contributed by atoms with Gasteiger partial charge in [-0.3, -0.25) is 4.79 Å². The molecule has 6 rings (SSSR count). The maximum atomic E-state index is 13.1. The quantitative estimate of drug-likeness (QED) is 0.264. The second-order valence-electron chi connectivity index (χ2n) is 8.63. The molecule has 0 saturated heterocycles. The van der Waals surface area contributed by atoms with E-state index >= 15 is 0 Å². The van der Waals surface area contributed by atoms with E-state index in [-0.39, 0.29) is 12.4 Å². The average Bonchev–Trinajstić information content (AvgIpc) is 3.07. The summed E-state index contributed by atoms with van der Waals surface area (Å²) in [6.45, 7) is -0.0355. The molecule has 0 atom stereocenters. The maximum Gasteiger partial charge on any atom is 0.235 e. The van der Waals surface area contributed by atoms with Crippen LogP contribution in [0.3, 0.4) is 0 Å². The first-order valence-electron chi connectivity index (χ1n) is 11.7. The van der Waals surface area contributed by atoms with Crippen molar-refractivity contribution >= 4 is 35.1 Å². The second-order valence-corrected chi connectivity index (χ2v) is 11.1. The largest absolute Gasteiger partial charge is 0.481 e. The molecule has 4 aromatic rings. The van der Waals surface area contributed by atoms with Crippen LogP contribution in [0.2, 0.25) is 0 Å².